The van der Waals surface area contributed by atoms with Crippen molar-refractivity contribution < 1.29 is 4.74 Å². The second-order valence-electron chi connectivity index (χ2n) is 4.59. The van der Waals surface area contributed by atoms with Gasteiger partial charge in [0.1, 0.15) is 5.69 Å². The summed E-state index contributed by atoms with van der Waals surface area (Å²) in [4.78, 5) is 4.48. The summed E-state index contributed by atoms with van der Waals surface area (Å²) in [6, 6.07) is 3.89. The van der Waals surface area contributed by atoms with E-state index in [1.54, 1.807) is 24.6 Å². The molecule has 0 saturated heterocycles. The maximum atomic E-state index is 5.79. The first-order chi connectivity index (χ1) is 10.3. The second kappa shape index (κ2) is 5.80. The number of methoxy groups -OCH3 is 1. The number of aromatic nitrogens is 3. The van der Waals surface area contributed by atoms with Gasteiger partial charge >= 0.3 is 0 Å². The minimum atomic E-state index is -0.221. The molecular formula is C14H17N5OS. The number of nitrogens with two attached hydrogens (primary N) is 1. The zero-order chi connectivity index (χ0) is 14.8. The number of thiophene rings is 1. The summed E-state index contributed by atoms with van der Waals surface area (Å²) in [6.07, 6.45) is 3.55. The predicted molar refractivity (Wildman–Crippen MR) is 83.2 cm³/mol. The van der Waals surface area contributed by atoms with Crippen molar-refractivity contribution in [1.82, 2.24) is 20.2 Å². The molecule has 1 unspecified atom stereocenters. The van der Waals surface area contributed by atoms with Gasteiger partial charge in [-0.1, -0.05) is 0 Å². The number of hydrogen-bond acceptors (Lipinski definition) is 6. The van der Waals surface area contributed by atoms with E-state index in [1.807, 2.05) is 29.2 Å². The number of hydrazine groups is 1. The lowest BCUT2D eigenvalue weighted by Crippen LogP contribution is -2.31. The number of hydrogen-bond donors (Lipinski definition) is 2. The zero-order valence-electron chi connectivity index (χ0n) is 11.9. The maximum absolute atomic E-state index is 5.79. The summed E-state index contributed by atoms with van der Waals surface area (Å²) >= 11 is 1.66. The van der Waals surface area contributed by atoms with Crippen LogP contribution in [-0.2, 0) is 6.54 Å². The first kappa shape index (κ1) is 14.0. The van der Waals surface area contributed by atoms with Gasteiger partial charge in [-0.05, 0) is 30.0 Å². The van der Waals surface area contributed by atoms with Gasteiger partial charge in [0.05, 0.1) is 29.6 Å². The quantitative estimate of drug-likeness (QED) is 0.557. The molecule has 1 atom stereocenters. The van der Waals surface area contributed by atoms with Gasteiger partial charge in [0, 0.05) is 12.7 Å². The Hall–Kier alpha value is -1.96. The third-order valence-corrected chi connectivity index (χ3v) is 4.31. The molecule has 3 heterocycles. The van der Waals surface area contributed by atoms with Gasteiger partial charge in [0.2, 0.25) is 0 Å². The fraction of sp³-hybridized carbons (Fsp3) is 0.286. The molecule has 0 aliphatic carbocycles. The molecule has 7 heteroatoms. The molecule has 0 radical (unpaired) electrons. The van der Waals surface area contributed by atoms with E-state index in [9.17, 15) is 0 Å². The van der Waals surface area contributed by atoms with Gasteiger partial charge in [-0.15, -0.1) is 11.3 Å². The van der Waals surface area contributed by atoms with E-state index in [4.69, 9.17) is 10.6 Å². The minimum Gasteiger partial charge on any atom is -0.493 e. The van der Waals surface area contributed by atoms with Gasteiger partial charge in [0.25, 0.3) is 0 Å². The maximum Gasteiger partial charge on any atom is 0.161 e. The van der Waals surface area contributed by atoms with Crippen LogP contribution in [-0.4, -0.2) is 21.9 Å². The summed E-state index contributed by atoms with van der Waals surface area (Å²) in [5.74, 6) is 6.51. The average molecular weight is 303 g/mol. The van der Waals surface area contributed by atoms with Crippen LogP contribution in [0.25, 0.3) is 10.2 Å². The van der Waals surface area contributed by atoms with Gasteiger partial charge in [0.15, 0.2) is 5.75 Å². The van der Waals surface area contributed by atoms with Crippen molar-refractivity contribution in [3.05, 3.63) is 41.2 Å². The Kier molecular flexibility index (Phi) is 3.87. The zero-order valence-corrected chi connectivity index (χ0v) is 12.7. The Bertz CT molecular complexity index is 729. The van der Waals surface area contributed by atoms with Gasteiger partial charge in [-0.2, -0.15) is 5.10 Å². The van der Waals surface area contributed by atoms with Gasteiger partial charge in [-0.3, -0.25) is 15.5 Å². The Labute approximate surface area is 126 Å². The molecule has 110 valence electrons. The second-order valence-corrected chi connectivity index (χ2v) is 5.53. The molecule has 3 aromatic rings. The monoisotopic (exact) mass is 303 g/mol. The highest BCUT2D eigenvalue weighted by molar-refractivity contribution is 7.17. The van der Waals surface area contributed by atoms with E-state index in [0.29, 0.717) is 5.75 Å². The highest BCUT2D eigenvalue weighted by atomic mass is 32.1. The van der Waals surface area contributed by atoms with Crippen LogP contribution in [0.4, 0.5) is 0 Å². The lowest BCUT2D eigenvalue weighted by molar-refractivity contribution is 0.399. The summed E-state index contributed by atoms with van der Waals surface area (Å²) in [5.41, 5.74) is 5.74. The summed E-state index contributed by atoms with van der Waals surface area (Å²) < 4.78 is 8.42. The van der Waals surface area contributed by atoms with Crippen molar-refractivity contribution in [1.29, 1.82) is 0 Å². The van der Waals surface area contributed by atoms with Crippen molar-refractivity contribution in [2.24, 2.45) is 5.84 Å². The number of fused-ring (bicyclic) bond motifs is 1. The van der Waals surface area contributed by atoms with Gasteiger partial charge in [-0.25, -0.2) is 5.43 Å². The number of nitrogens with one attached hydrogen (secondary N) is 1. The number of rotatable bonds is 5. The van der Waals surface area contributed by atoms with Crippen molar-refractivity contribution in [3.8, 4) is 5.75 Å². The molecule has 6 nitrogen and oxygen atoms in total. The summed E-state index contributed by atoms with van der Waals surface area (Å²) in [5, 5.41) is 6.36. The first-order valence-corrected chi connectivity index (χ1v) is 7.55. The Morgan fingerprint density at radius 2 is 2.33 bits per heavy atom. The van der Waals surface area contributed by atoms with E-state index in [-0.39, 0.29) is 6.04 Å². The summed E-state index contributed by atoms with van der Waals surface area (Å²) in [7, 11) is 1.63. The molecule has 3 rings (SSSR count). The molecule has 0 aliphatic rings. The molecule has 3 aromatic heterocycles. The third kappa shape index (κ3) is 2.39. The van der Waals surface area contributed by atoms with E-state index < -0.39 is 0 Å². The number of ether oxygens (including phenoxy) is 1. The van der Waals surface area contributed by atoms with Crippen LogP contribution in [0, 0.1) is 0 Å². The predicted octanol–water partition coefficient (Wildman–Crippen LogP) is 2.07. The van der Waals surface area contributed by atoms with Crippen LogP contribution in [0.5, 0.6) is 5.75 Å². The average Bonchev–Trinajstić information content (AvgIpc) is 3.13. The Morgan fingerprint density at radius 3 is 3.05 bits per heavy atom. The molecule has 21 heavy (non-hydrogen) atoms. The van der Waals surface area contributed by atoms with Crippen LogP contribution < -0.4 is 16.0 Å². The van der Waals surface area contributed by atoms with Crippen molar-refractivity contribution in [3.63, 3.8) is 0 Å². The van der Waals surface area contributed by atoms with Crippen LogP contribution in [0.15, 0.2) is 29.9 Å². The number of nitrogens with zero attached hydrogens (tertiary/aromatic N) is 3. The van der Waals surface area contributed by atoms with E-state index in [0.717, 1.165) is 28.0 Å². The van der Waals surface area contributed by atoms with E-state index in [2.05, 4.69) is 21.6 Å². The molecular weight excluding hydrogens is 286 g/mol. The third-order valence-electron chi connectivity index (χ3n) is 3.46. The smallest absolute Gasteiger partial charge is 0.161 e. The number of aryl methyl sites for hydroxylation is 1. The number of pyridine rings is 1. The van der Waals surface area contributed by atoms with Crippen LogP contribution in [0.2, 0.25) is 0 Å². The SMILES string of the molecule is CCn1ncc(OC)c1C(NN)c1cnc2ccsc2c1. The van der Waals surface area contributed by atoms with Crippen molar-refractivity contribution in [2.75, 3.05) is 7.11 Å². The summed E-state index contributed by atoms with van der Waals surface area (Å²) in [6.45, 7) is 2.77. The van der Waals surface area contributed by atoms with Crippen LogP contribution in [0.3, 0.4) is 0 Å². The van der Waals surface area contributed by atoms with E-state index >= 15 is 0 Å². The molecule has 0 fully saturated rings. The minimum absolute atomic E-state index is 0.221. The Morgan fingerprint density at radius 1 is 1.48 bits per heavy atom. The molecule has 0 aliphatic heterocycles. The van der Waals surface area contributed by atoms with Crippen LogP contribution in [0.1, 0.15) is 24.2 Å². The largest absolute Gasteiger partial charge is 0.493 e. The van der Waals surface area contributed by atoms with E-state index in [1.165, 1.54) is 0 Å². The molecule has 0 spiro atoms. The molecule has 0 bridgehead atoms. The normalized spacial score (nSPS) is 12.7. The highest BCUT2D eigenvalue weighted by Crippen LogP contribution is 2.31. The molecule has 0 amide bonds. The molecule has 3 N–H and O–H groups in total. The van der Waals surface area contributed by atoms with Gasteiger partial charge < -0.3 is 4.74 Å². The lowest BCUT2D eigenvalue weighted by atomic mass is 10.1. The van der Waals surface area contributed by atoms with Crippen molar-refractivity contribution in [2.45, 2.75) is 19.5 Å². The van der Waals surface area contributed by atoms with Crippen molar-refractivity contribution >= 4 is 21.6 Å². The topological polar surface area (TPSA) is 78.0 Å². The standard InChI is InChI=1S/C14H17N5OS/c1-3-19-14(11(20-2)8-17-19)13(18-15)9-6-12-10(16-7-9)4-5-21-12/h4-8,13,18H,3,15H2,1-2H3. The lowest BCUT2D eigenvalue weighted by Gasteiger charge is -2.18. The fourth-order valence-corrected chi connectivity index (χ4v) is 3.22. The van der Waals surface area contributed by atoms with Crippen LogP contribution >= 0.6 is 11.3 Å². The molecule has 0 aromatic carbocycles. The fourth-order valence-electron chi connectivity index (χ4n) is 2.43. The molecule has 0 saturated carbocycles. The highest BCUT2D eigenvalue weighted by Gasteiger charge is 2.23. The first-order valence-electron chi connectivity index (χ1n) is 6.67. The Balaban J connectivity index is 2.10.